The summed E-state index contributed by atoms with van der Waals surface area (Å²) in [6.45, 7) is 1.13. The molecule has 3 aromatic rings. The lowest BCUT2D eigenvalue weighted by atomic mass is 9.92. The molecular weight excluding hydrogens is 406 g/mol. The van der Waals surface area contributed by atoms with Crippen LogP contribution in [0.5, 0.6) is 0 Å². The molecule has 1 saturated heterocycles. The van der Waals surface area contributed by atoms with E-state index in [0.29, 0.717) is 22.4 Å². The summed E-state index contributed by atoms with van der Waals surface area (Å²) < 4.78 is 0. The van der Waals surface area contributed by atoms with Crippen LogP contribution in [-0.4, -0.2) is 35.1 Å². The highest BCUT2D eigenvalue weighted by Gasteiger charge is 2.49. The summed E-state index contributed by atoms with van der Waals surface area (Å²) in [5, 5.41) is 5.33. The second kappa shape index (κ2) is 8.47. The summed E-state index contributed by atoms with van der Waals surface area (Å²) in [6, 6.07) is 23.5. The van der Waals surface area contributed by atoms with E-state index in [2.05, 4.69) is 10.6 Å². The van der Waals surface area contributed by atoms with Crippen molar-refractivity contribution in [1.29, 1.82) is 0 Å². The number of carbonyl (C=O) groups is 4. The number of urea groups is 1. The van der Waals surface area contributed by atoms with Gasteiger partial charge in [0, 0.05) is 11.1 Å². The fourth-order valence-electron chi connectivity index (χ4n) is 3.68. The smallest absolute Gasteiger partial charge is 0.324 e. The van der Waals surface area contributed by atoms with Crippen molar-refractivity contribution in [3.63, 3.8) is 0 Å². The molecule has 7 nitrogen and oxygen atoms in total. The zero-order chi connectivity index (χ0) is 22.7. The van der Waals surface area contributed by atoms with Crippen LogP contribution in [0.3, 0.4) is 0 Å². The number of hydrogen-bond donors (Lipinski definition) is 2. The molecule has 0 aliphatic carbocycles. The summed E-state index contributed by atoms with van der Waals surface area (Å²) in [7, 11) is 0. The van der Waals surface area contributed by atoms with Gasteiger partial charge < -0.3 is 10.6 Å². The maximum Gasteiger partial charge on any atom is 0.325 e. The van der Waals surface area contributed by atoms with E-state index in [1.807, 2.05) is 12.1 Å². The number of para-hydroxylation sites is 1. The van der Waals surface area contributed by atoms with Crippen molar-refractivity contribution in [2.75, 3.05) is 11.9 Å². The standard InChI is InChI=1S/C25H21N3O4/c1-25(18-12-6-3-7-13-18)23(31)28(24(32)27-25)16-21(29)26-20-15-9-8-14-19(20)22(30)17-10-4-2-5-11-17/h2-15H,16H2,1H3,(H,26,29)(H,27,32)/t25-/m1/s1. The Kier molecular flexibility index (Phi) is 5.55. The monoisotopic (exact) mass is 427 g/mol. The molecule has 1 aliphatic heterocycles. The number of benzene rings is 3. The second-order valence-corrected chi connectivity index (χ2v) is 7.60. The van der Waals surface area contributed by atoms with Crippen molar-refractivity contribution >= 4 is 29.3 Å². The van der Waals surface area contributed by atoms with Crippen LogP contribution in [0.2, 0.25) is 0 Å². The van der Waals surface area contributed by atoms with Crippen LogP contribution in [0.4, 0.5) is 10.5 Å². The van der Waals surface area contributed by atoms with E-state index in [1.165, 1.54) is 0 Å². The molecule has 1 fully saturated rings. The van der Waals surface area contributed by atoms with Gasteiger partial charge in [-0.3, -0.25) is 19.3 Å². The minimum Gasteiger partial charge on any atom is -0.324 e. The topological polar surface area (TPSA) is 95.6 Å². The molecule has 4 amide bonds. The third kappa shape index (κ3) is 3.88. The number of ketones is 1. The van der Waals surface area contributed by atoms with E-state index in [0.717, 1.165) is 4.90 Å². The van der Waals surface area contributed by atoms with Gasteiger partial charge in [-0.25, -0.2) is 4.79 Å². The van der Waals surface area contributed by atoms with Crippen molar-refractivity contribution in [2.24, 2.45) is 0 Å². The van der Waals surface area contributed by atoms with Crippen LogP contribution in [0.25, 0.3) is 0 Å². The average Bonchev–Trinajstić information content (AvgIpc) is 3.04. The lowest BCUT2D eigenvalue weighted by molar-refractivity contribution is -0.133. The quantitative estimate of drug-likeness (QED) is 0.466. The van der Waals surface area contributed by atoms with Crippen molar-refractivity contribution in [1.82, 2.24) is 10.2 Å². The second-order valence-electron chi connectivity index (χ2n) is 7.60. The molecular formula is C25H21N3O4. The van der Waals surface area contributed by atoms with Crippen molar-refractivity contribution in [3.8, 4) is 0 Å². The zero-order valence-electron chi connectivity index (χ0n) is 17.4. The molecule has 0 aromatic heterocycles. The first-order valence-electron chi connectivity index (χ1n) is 10.1. The number of rotatable bonds is 6. The Balaban J connectivity index is 1.51. The first-order valence-corrected chi connectivity index (χ1v) is 10.1. The minimum absolute atomic E-state index is 0.242. The summed E-state index contributed by atoms with van der Waals surface area (Å²) in [5.41, 5.74) is 0.490. The van der Waals surface area contributed by atoms with Crippen molar-refractivity contribution in [2.45, 2.75) is 12.5 Å². The third-order valence-electron chi connectivity index (χ3n) is 5.41. The molecule has 1 aliphatic rings. The highest BCUT2D eigenvalue weighted by Crippen LogP contribution is 2.28. The molecule has 0 unspecified atom stereocenters. The lowest BCUT2D eigenvalue weighted by Crippen LogP contribution is -2.42. The molecule has 7 heteroatoms. The predicted octanol–water partition coefficient (Wildman–Crippen LogP) is 3.32. The fraction of sp³-hybridized carbons (Fsp3) is 0.120. The number of imide groups is 1. The van der Waals surface area contributed by atoms with Crippen molar-refractivity contribution < 1.29 is 19.2 Å². The zero-order valence-corrected chi connectivity index (χ0v) is 17.4. The van der Waals surface area contributed by atoms with Gasteiger partial charge in [-0.05, 0) is 24.6 Å². The summed E-state index contributed by atoms with van der Waals surface area (Å²) in [4.78, 5) is 51.9. The van der Waals surface area contributed by atoms with Crippen LogP contribution < -0.4 is 10.6 Å². The van der Waals surface area contributed by atoms with E-state index in [1.54, 1.807) is 79.7 Å². The Morgan fingerprint density at radius 3 is 2.16 bits per heavy atom. The van der Waals surface area contributed by atoms with Crippen LogP contribution in [-0.2, 0) is 15.1 Å². The molecule has 160 valence electrons. The number of nitrogens with zero attached hydrogens (tertiary/aromatic N) is 1. The van der Waals surface area contributed by atoms with Gasteiger partial charge in [-0.15, -0.1) is 0 Å². The first-order chi connectivity index (χ1) is 15.4. The lowest BCUT2D eigenvalue weighted by Gasteiger charge is -2.22. The number of anilines is 1. The molecule has 0 spiro atoms. The largest absolute Gasteiger partial charge is 0.325 e. The molecule has 3 aromatic carbocycles. The number of nitrogens with one attached hydrogen (secondary N) is 2. The van der Waals surface area contributed by atoms with Crippen LogP contribution >= 0.6 is 0 Å². The molecule has 0 saturated carbocycles. The van der Waals surface area contributed by atoms with Gasteiger partial charge in [0.1, 0.15) is 12.1 Å². The van der Waals surface area contributed by atoms with Gasteiger partial charge in [0.05, 0.1) is 5.69 Å². The maximum atomic E-state index is 13.0. The van der Waals surface area contributed by atoms with E-state index >= 15 is 0 Å². The summed E-state index contributed by atoms with van der Waals surface area (Å²) >= 11 is 0. The molecule has 32 heavy (non-hydrogen) atoms. The maximum absolute atomic E-state index is 13.0. The van der Waals surface area contributed by atoms with E-state index in [-0.39, 0.29) is 5.78 Å². The Labute approximate surface area is 185 Å². The highest BCUT2D eigenvalue weighted by atomic mass is 16.2. The number of carbonyl (C=O) groups excluding carboxylic acids is 4. The fourth-order valence-corrected chi connectivity index (χ4v) is 3.68. The molecule has 0 bridgehead atoms. The Hall–Kier alpha value is -4.26. The number of amides is 4. The van der Waals surface area contributed by atoms with Crippen LogP contribution in [0.15, 0.2) is 84.9 Å². The normalized spacial score (nSPS) is 17.7. The molecule has 0 radical (unpaired) electrons. The average molecular weight is 427 g/mol. The summed E-state index contributed by atoms with van der Waals surface area (Å²) in [6.07, 6.45) is 0. The molecule has 2 N–H and O–H groups in total. The van der Waals surface area contributed by atoms with Gasteiger partial charge in [-0.1, -0.05) is 72.8 Å². The van der Waals surface area contributed by atoms with E-state index < -0.39 is 29.9 Å². The number of hydrogen-bond acceptors (Lipinski definition) is 4. The van der Waals surface area contributed by atoms with Crippen LogP contribution in [0, 0.1) is 0 Å². The first kappa shape index (κ1) is 21.0. The van der Waals surface area contributed by atoms with Crippen LogP contribution in [0.1, 0.15) is 28.4 Å². The Bertz CT molecular complexity index is 1190. The van der Waals surface area contributed by atoms with E-state index in [4.69, 9.17) is 0 Å². The third-order valence-corrected chi connectivity index (χ3v) is 5.41. The van der Waals surface area contributed by atoms with Gasteiger partial charge in [0.2, 0.25) is 5.91 Å². The Morgan fingerprint density at radius 1 is 0.875 bits per heavy atom. The Morgan fingerprint density at radius 2 is 1.47 bits per heavy atom. The van der Waals surface area contributed by atoms with Gasteiger partial charge in [0.25, 0.3) is 5.91 Å². The molecule has 1 heterocycles. The SMILES string of the molecule is C[C@]1(c2ccccc2)NC(=O)N(CC(=O)Nc2ccccc2C(=O)c2ccccc2)C1=O. The van der Waals surface area contributed by atoms with E-state index in [9.17, 15) is 19.2 Å². The predicted molar refractivity (Wildman–Crippen MR) is 119 cm³/mol. The minimum atomic E-state index is -1.25. The van der Waals surface area contributed by atoms with Gasteiger partial charge >= 0.3 is 6.03 Å². The molecule has 4 rings (SSSR count). The van der Waals surface area contributed by atoms with Gasteiger partial charge in [0.15, 0.2) is 5.78 Å². The van der Waals surface area contributed by atoms with Crippen molar-refractivity contribution in [3.05, 3.63) is 102 Å². The summed E-state index contributed by atoms with van der Waals surface area (Å²) in [5.74, 6) is -1.34. The highest BCUT2D eigenvalue weighted by molar-refractivity contribution is 6.15. The molecule has 1 atom stereocenters. The van der Waals surface area contributed by atoms with Gasteiger partial charge in [-0.2, -0.15) is 0 Å².